The van der Waals surface area contributed by atoms with Crippen LogP contribution in [0.2, 0.25) is 0 Å². The third-order valence-corrected chi connectivity index (χ3v) is 8.59. The van der Waals surface area contributed by atoms with Crippen LogP contribution in [-0.2, 0) is 10.8 Å². The molecule has 0 heterocycles. The van der Waals surface area contributed by atoms with E-state index in [-0.39, 0.29) is 10.8 Å². The van der Waals surface area contributed by atoms with Crippen LogP contribution >= 0.6 is 0 Å². The van der Waals surface area contributed by atoms with Gasteiger partial charge >= 0.3 is 0 Å². The first kappa shape index (κ1) is 23.3. The van der Waals surface area contributed by atoms with Crippen LogP contribution in [0.1, 0.15) is 38.8 Å². The molecule has 5 aromatic carbocycles. The Balaban J connectivity index is 1.56. The van der Waals surface area contributed by atoms with E-state index in [1.807, 2.05) is 0 Å². The van der Waals surface area contributed by atoms with Gasteiger partial charge in [0.05, 0.1) is 0 Å². The zero-order chi connectivity index (χ0) is 25.6. The van der Waals surface area contributed by atoms with Gasteiger partial charge in [-0.3, -0.25) is 0 Å². The number of hydrogen-bond donors (Lipinski definition) is 0. The van der Waals surface area contributed by atoms with Crippen LogP contribution < -0.4 is 4.90 Å². The number of hydrogen-bond acceptors (Lipinski definition) is 1. The summed E-state index contributed by atoms with van der Waals surface area (Å²) >= 11 is 0. The molecule has 37 heavy (non-hydrogen) atoms. The Kier molecular flexibility index (Phi) is 5.53. The summed E-state index contributed by atoms with van der Waals surface area (Å²) in [7, 11) is 0. The number of anilines is 3. The van der Waals surface area contributed by atoms with E-state index >= 15 is 0 Å². The third kappa shape index (κ3) is 3.69. The summed E-state index contributed by atoms with van der Waals surface area (Å²) in [6.45, 7) is 9.62. The van der Waals surface area contributed by atoms with Crippen LogP contribution in [0.3, 0.4) is 0 Å². The standard InChI is InChI=1S/C36H33N/c1-35(2)33-24-12-11-21-31(33)32-23-14-22-30(34(32)36(35,3)4)26-15-13-20-29(25-26)37(27-16-7-5-8-17-27)28-18-9-6-10-19-28/h5-25H,1-4H3. The van der Waals surface area contributed by atoms with E-state index in [2.05, 4.69) is 160 Å². The van der Waals surface area contributed by atoms with Gasteiger partial charge in [0.2, 0.25) is 0 Å². The second-order valence-electron chi connectivity index (χ2n) is 11.1. The van der Waals surface area contributed by atoms with Crippen molar-refractivity contribution in [2.24, 2.45) is 0 Å². The lowest BCUT2D eigenvalue weighted by Gasteiger charge is -2.49. The Morgan fingerprint density at radius 3 is 1.62 bits per heavy atom. The summed E-state index contributed by atoms with van der Waals surface area (Å²) < 4.78 is 0. The van der Waals surface area contributed by atoms with Gasteiger partial charge in [-0.1, -0.05) is 119 Å². The molecule has 0 bridgehead atoms. The monoisotopic (exact) mass is 479 g/mol. The van der Waals surface area contributed by atoms with E-state index < -0.39 is 0 Å². The predicted molar refractivity (Wildman–Crippen MR) is 158 cm³/mol. The van der Waals surface area contributed by atoms with Crippen LogP contribution in [0.5, 0.6) is 0 Å². The lowest BCUT2D eigenvalue weighted by atomic mass is 9.54. The molecule has 6 rings (SSSR count). The molecule has 1 heteroatoms. The van der Waals surface area contributed by atoms with E-state index in [1.54, 1.807) is 0 Å². The highest BCUT2D eigenvalue weighted by molar-refractivity contribution is 5.87. The van der Waals surface area contributed by atoms with Crippen molar-refractivity contribution in [3.8, 4) is 22.3 Å². The maximum Gasteiger partial charge on any atom is 0.0467 e. The van der Waals surface area contributed by atoms with Crippen molar-refractivity contribution in [2.45, 2.75) is 38.5 Å². The van der Waals surface area contributed by atoms with Gasteiger partial charge in [-0.05, 0) is 75.2 Å². The van der Waals surface area contributed by atoms with Crippen LogP contribution in [0.4, 0.5) is 17.1 Å². The summed E-state index contributed by atoms with van der Waals surface area (Å²) in [6, 6.07) is 46.0. The molecule has 1 aliphatic carbocycles. The van der Waals surface area contributed by atoms with Crippen LogP contribution in [0.25, 0.3) is 22.3 Å². The van der Waals surface area contributed by atoms with Gasteiger partial charge in [0.15, 0.2) is 0 Å². The number of rotatable bonds is 4. The summed E-state index contributed by atoms with van der Waals surface area (Å²) in [5, 5.41) is 0. The lowest BCUT2D eigenvalue weighted by Crippen LogP contribution is -2.43. The summed E-state index contributed by atoms with van der Waals surface area (Å²) in [5.74, 6) is 0. The van der Waals surface area contributed by atoms with Gasteiger partial charge in [-0.2, -0.15) is 0 Å². The largest absolute Gasteiger partial charge is 0.310 e. The van der Waals surface area contributed by atoms with Crippen molar-refractivity contribution in [3.05, 3.63) is 139 Å². The molecule has 0 aliphatic heterocycles. The van der Waals surface area contributed by atoms with Gasteiger partial charge in [0.1, 0.15) is 0 Å². The van der Waals surface area contributed by atoms with E-state index in [0.717, 1.165) is 17.1 Å². The molecule has 0 atom stereocenters. The summed E-state index contributed by atoms with van der Waals surface area (Å²) in [6.07, 6.45) is 0. The van der Waals surface area contributed by atoms with Crippen molar-refractivity contribution < 1.29 is 0 Å². The van der Waals surface area contributed by atoms with Crippen molar-refractivity contribution >= 4 is 17.1 Å². The van der Waals surface area contributed by atoms with Crippen molar-refractivity contribution in [2.75, 3.05) is 4.90 Å². The fourth-order valence-corrected chi connectivity index (χ4v) is 6.02. The first-order valence-corrected chi connectivity index (χ1v) is 13.1. The molecule has 0 unspecified atom stereocenters. The number of benzene rings is 5. The topological polar surface area (TPSA) is 3.24 Å². The van der Waals surface area contributed by atoms with E-state index in [4.69, 9.17) is 0 Å². The zero-order valence-corrected chi connectivity index (χ0v) is 22.1. The fourth-order valence-electron chi connectivity index (χ4n) is 6.02. The van der Waals surface area contributed by atoms with Gasteiger partial charge in [-0.25, -0.2) is 0 Å². The van der Waals surface area contributed by atoms with Gasteiger partial charge in [-0.15, -0.1) is 0 Å². The Labute approximate surface area is 221 Å². The Hall–Kier alpha value is -4.10. The SMILES string of the molecule is CC1(C)c2ccccc2-c2cccc(-c3cccc(N(c4ccccc4)c4ccccc4)c3)c2C1(C)C. The minimum absolute atomic E-state index is 0.00950. The number of nitrogens with zero attached hydrogens (tertiary/aromatic N) is 1. The predicted octanol–water partition coefficient (Wildman–Crippen LogP) is 10.1. The van der Waals surface area contributed by atoms with Crippen molar-refractivity contribution in [3.63, 3.8) is 0 Å². The average molecular weight is 480 g/mol. The highest BCUT2D eigenvalue weighted by atomic mass is 15.1. The van der Waals surface area contributed by atoms with Crippen molar-refractivity contribution in [1.29, 1.82) is 0 Å². The molecule has 182 valence electrons. The minimum Gasteiger partial charge on any atom is -0.310 e. The van der Waals surface area contributed by atoms with Gasteiger partial charge in [0, 0.05) is 22.5 Å². The number of para-hydroxylation sites is 2. The first-order chi connectivity index (χ1) is 17.9. The first-order valence-electron chi connectivity index (χ1n) is 13.1. The van der Waals surface area contributed by atoms with E-state index in [1.165, 1.54) is 33.4 Å². The molecule has 0 saturated heterocycles. The van der Waals surface area contributed by atoms with Gasteiger partial charge < -0.3 is 4.90 Å². The molecule has 1 nitrogen and oxygen atoms in total. The van der Waals surface area contributed by atoms with E-state index in [9.17, 15) is 0 Å². The Morgan fingerprint density at radius 2 is 0.946 bits per heavy atom. The fraction of sp³-hybridized carbons (Fsp3) is 0.167. The Morgan fingerprint density at radius 1 is 0.432 bits per heavy atom. The minimum atomic E-state index is -0.0537. The quantitative estimate of drug-likeness (QED) is 0.248. The summed E-state index contributed by atoms with van der Waals surface area (Å²) in [5.41, 5.74) is 11.5. The molecule has 0 spiro atoms. The number of fused-ring (bicyclic) bond motifs is 3. The molecule has 0 amide bonds. The molecule has 0 aromatic heterocycles. The van der Waals surface area contributed by atoms with E-state index in [0.29, 0.717) is 0 Å². The van der Waals surface area contributed by atoms with Crippen LogP contribution in [0.15, 0.2) is 127 Å². The molecule has 1 aliphatic rings. The van der Waals surface area contributed by atoms with Crippen LogP contribution in [-0.4, -0.2) is 0 Å². The molecule has 0 fully saturated rings. The third-order valence-electron chi connectivity index (χ3n) is 8.59. The molecule has 5 aromatic rings. The second-order valence-corrected chi connectivity index (χ2v) is 11.1. The smallest absolute Gasteiger partial charge is 0.0467 e. The molecular weight excluding hydrogens is 446 g/mol. The molecule has 0 radical (unpaired) electrons. The van der Waals surface area contributed by atoms with Crippen molar-refractivity contribution in [1.82, 2.24) is 0 Å². The normalized spacial score (nSPS) is 14.9. The Bertz CT molecular complexity index is 1520. The average Bonchev–Trinajstić information content (AvgIpc) is 2.93. The lowest BCUT2D eigenvalue weighted by molar-refractivity contribution is 0.300. The zero-order valence-electron chi connectivity index (χ0n) is 22.1. The van der Waals surface area contributed by atoms with Gasteiger partial charge in [0.25, 0.3) is 0 Å². The molecule has 0 N–H and O–H groups in total. The van der Waals surface area contributed by atoms with Crippen LogP contribution in [0, 0.1) is 0 Å². The molecular formula is C36H33N. The molecule has 0 saturated carbocycles. The maximum atomic E-state index is 2.41. The summed E-state index contributed by atoms with van der Waals surface area (Å²) in [4.78, 5) is 2.34. The highest BCUT2D eigenvalue weighted by Gasteiger charge is 2.46. The highest BCUT2D eigenvalue weighted by Crippen LogP contribution is 2.56. The second kappa shape index (κ2) is 8.78. The maximum absolute atomic E-state index is 2.41.